The Balaban J connectivity index is 2.13. The van der Waals surface area contributed by atoms with Crippen molar-refractivity contribution >= 4 is 23.5 Å². The predicted octanol–water partition coefficient (Wildman–Crippen LogP) is 2.08. The van der Waals surface area contributed by atoms with E-state index in [1.165, 1.54) is 0 Å². The van der Waals surface area contributed by atoms with E-state index in [1.807, 2.05) is 18.2 Å². The van der Waals surface area contributed by atoms with Crippen molar-refractivity contribution < 1.29 is 4.79 Å². The van der Waals surface area contributed by atoms with Gasteiger partial charge in [0, 0.05) is 5.69 Å². The summed E-state index contributed by atoms with van der Waals surface area (Å²) in [7, 11) is 0. The van der Waals surface area contributed by atoms with Crippen LogP contribution in [0.25, 0.3) is 0 Å². The van der Waals surface area contributed by atoms with Crippen LogP contribution in [0.1, 0.15) is 17.3 Å². The number of aromatic nitrogens is 2. The molecule has 1 heterocycles. The van der Waals surface area contributed by atoms with Crippen molar-refractivity contribution in [3.8, 4) is 0 Å². The van der Waals surface area contributed by atoms with Crippen LogP contribution in [0.5, 0.6) is 0 Å². The molecule has 1 amide bonds. The summed E-state index contributed by atoms with van der Waals surface area (Å²) in [6.45, 7) is 1.76. The molecule has 19 heavy (non-hydrogen) atoms. The maximum absolute atomic E-state index is 12.0. The van der Waals surface area contributed by atoms with Gasteiger partial charge in [0.2, 0.25) is 11.9 Å². The van der Waals surface area contributed by atoms with Crippen molar-refractivity contribution in [1.82, 2.24) is 9.97 Å². The maximum Gasteiger partial charge on any atom is 0.248 e. The van der Waals surface area contributed by atoms with E-state index in [0.717, 1.165) is 5.56 Å². The van der Waals surface area contributed by atoms with Gasteiger partial charge >= 0.3 is 0 Å². The summed E-state index contributed by atoms with van der Waals surface area (Å²) < 4.78 is 0. The van der Waals surface area contributed by atoms with E-state index >= 15 is 0 Å². The molecule has 2 rings (SSSR count). The van der Waals surface area contributed by atoms with Gasteiger partial charge in [0.25, 0.3) is 0 Å². The summed E-state index contributed by atoms with van der Waals surface area (Å²) in [4.78, 5) is 20.0. The quantitative estimate of drug-likeness (QED) is 0.841. The Morgan fingerprint density at radius 2 is 2.00 bits per heavy atom. The number of hydrogen-bond acceptors (Lipinski definition) is 4. The van der Waals surface area contributed by atoms with Gasteiger partial charge in [-0.05, 0) is 18.6 Å². The second kappa shape index (κ2) is 5.77. The molecule has 0 radical (unpaired) electrons. The van der Waals surface area contributed by atoms with Gasteiger partial charge in [0.15, 0.2) is 0 Å². The van der Waals surface area contributed by atoms with Gasteiger partial charge in [-0.25, -0.2) is 9.97 Å². The number of aryl methyl sites for hydroxylation is 1. The highest BCUT2D eigenvalue weighted by atomic mass is 35.5. The molecular weight excluding hydrogens is 264 g/mol. The zero-order valence-corrected chi connectivity index (χ0v) is 11.1. The summed E-state index contributed by atoms with van der Waals surface area (Å²) in [5.41, 5.74) is 7.25. The molecule has 0 aliphatic carbocycles. The first-order valence-corrected chi connectivity index (χ1v) is 6.06. The fraction of sp³-hybridized carbons (Fsp3) is 0.154. The monoisotopic (exact) mass is 276 g/mol. The number of carbonyl (C=O) groups excluding carboxylic acids is 1. The van der Waals surface area contributed by atoms with E-state index < -0.39 is 6.04 Å². The number of halogens is 1. The molecule has 98 valence electrons. The lowest BCUT2D eigenvalue weighted by Gasteiger charge is -2.11. The molecule has 0 bridgehead atoms. The summed E-state index contributed by atoms with van der Waals surface area (Å²) in [6, 6.07) is 9.91. The summed E-state index contributed by atoms with van der Waals surface area (Å²) in [6.07, 6.45) is 0. The highest BCUT2D eigenvalue weighted by Gasteiger charge is 2.16. The van der Waals surface area contributed by atoms with Crippen molar-refractivity contribution in [3.63, 3.8) is 0 Å². The number of nitrogens with zero attached hydrogens (tertiary/aromatic N) is 2. The first-order chi connectivity index (χ1) is 9.06. The van der Waals surface area contributed by atoms with Crippen molar-refractivity contribution in [2.24, 2.45) is 5.73 Å². The van der Waals surface area contributed by atoms with E-state index in [-0.39, 0.29) is 17.0 Å². The predicted molar refractivity (Wildman–Crippen MR) is 73.8 cm³/mol. The summed E-state index contributed by atoms with van der Waals surface area (Å²) in [5, 5.41) is 2.83. The molecule has 2 aromatic rings. The van der Waals surface area contributed by atoms with Crippen LogP contribution in [0.15, 0.2) is 36.4 Å². The van der Waals surface area contributed by atoms with E-state index in [9.17, 15) is 4.79 Å². The fourth-order valence-corrected chi connectivity index (χ4v) is 1.82. The number of benzene rings is 1. The van der Waals surface area contributed by atoms with Crippen molar-refractivity contribution in [2.75, 3.05) is 5.32 Å². The second-order valence-electron chi connectivity index (χ2n) is 4.03. The molecule has 0 saturated carbocycles. The average Bonchev–Trinajstić information content (AvgIpc) is 2.37. The van der Waals surface area contributed by atoms with E-state index in [2.05, 4.69) is 15.3 Å². The second-order valence-corrected chi connectivity index (χ2v) is 4.42. The van der Waals surface area contributed by atoms with Crippen LogP contribution in [0, 0.1) is 6.92 Å². The zero-order chi connectivity index (χ0) is 13.8. The Bertz CT molecular complexity index is 568. The molecule has 0 aliphatic rings. The molecule has 1 aromatic heterocycles. The Labute approximate surface area is 115 Å². The molecule has 1 aromatic carbocycles. The number of nitrogens with one attached hydrogen (secondary N) is 1. The van der Waals surface area contributed by atoms with Crippen molar-refractivity contribution in [2.45, 2.75) is 13.0 Å². The Morgan fingerprint density at radius 1 is 1.32 bits per heavy atom. The van der Waals surface area contributed by atoms with Gasteiger partial charge < -0.3 is 5.73 Å². The van der Waals surface area contributed by atoms with Crippen LogP contribution >= 0.6 is 11.6 Å². The number of amides is 1. The number of nitrogens with two attached hydrogens (primary N) is 1. The van der Waals surface area contributed by atoms with Crippen LogP contribution in [0.4, 0.5) is 5.95 Å². The number of rotatable bonds is 3. The lowest BCUT2D eigenvalue weighted by molar-refractivity contribution is -0.117. The molecular formula is C13H13ClN4O. The summed E-state index contributed by atoms with van der Waals surface area (Å²) in [5.74, 6) is -0.228. The van der Waals surface area contributed by atoms with Crippen LogP contribution < -0.4 is 11.1 Å². The Kier molecular flexibility index (Phi) is 4.09. The van der Waals surface area contributed by atoms with Gasteiger partial charge in [-0.1, -0.05) is 41.9 Å². The highest BCUT2D eigenvalue weighted by Crippen LogP contribution is 2.13. The van der Waals surface area contributed by atoms with Crippen LogP contribution in [-0.2, 0) is 4.79 Å². The van der Waals surface area contributed by atoms with Gasteiger partial charge in [0.1, 0.15) is 11.2 Å². The molecule has 0 aliphatic heterocycles. The normalized spacial score (nSPS) is 11.9. The standard InChI is InChI=1S/C13H13ClN4O/c1-8-7-10(14)17-13(16-8)18-12(19)11(15)9-5-3-2-4-6-9/h2-7,11H,15H2,1H3,(H,16,17,18,19)/t11-/m0/s1. The van der Waals surface area contributed by atoms with Gasteiger partial charge in [-0.15, -0.1) is 0 Å². The van der Waals surface area contributed by atoms with Crippen LogP contribution in [-0.4, -0.2) is 15.9 Å². The van der Waals surface area contributed by atoms with Crippen LogP contribution in [0.2, 0.25) is 5.15 Å². The van der Waals surface area contributed by atoms with Crippen LogP contribution in [0.3, 0.4) is 0 Å². The minimum absolute atomic E-state index is 0.154. The largest absolute Gasteiger partial charge is 0.316 e. The third kappa shape index (κ3) is 3.49. The Hall–Kier alpha value is -1.98. The number of anilines is 1. The third-order valence-corrected chi connectivity index (χ3v) is 2.69. The Morgan fingerprint density at radius 3 is 2.63 bits per heavy atom. The lowest BCUT2D eigenvalue weighted by Crippen LogP contribution is -2.28. The van der Waals surface area contributed by atoms with E-state index in [4.69, 9.17) is 17.3 Å². The van der Waals surface area contributed by atoms with Crippen molar-refractivity contribution in [1.29, 1.82) is 0 Å². The van der Waals surface area contributed by atoms with E-state index in [0.29, 0.717) is 5.69 Å². The molecule has 3 N–H and O–H groups in total. The molecule has 0 saturated heterocycles. The smallest absolute Gasteiger partial charge is 0.248 e. The first-order valence-electron chi connectivity index (χ1n) is 5.69. The molecule has 5 nitrogen and oxygen atoms in total. The number of carbonyl (C=O) groups is 1. The topological polar surface area (TPSA) is 80.9 Å². The fourth-order valence-electron chi connectivity index (χ4n) is 1.59. The SMILES string of the molecule is Cc1cc(Cl)nc(NC(=O)[C@@H](N)c2ccccc2)n1. The zero-order valence-electron chi connectivity index (χ0n) is 10.3. The molecule has 6 heteroatoms. The van der Waals surface area contributed by atoms with Gasteiger partial charge in [-0.3, -0.25) is 10.1 Å². The third-order valence-electron chi connectivity index (χ3n) is 2.50. The van der Waals surface area contributed by atoms with Gasteiger partial charge in [0.05, 0.1) is 0 Å². The van der Waals surface area contributed by atoms with Crippen molar-refractivity contribution in [3.05, 3.63) is 52.8 Å². The summed E-state index contributed by atoms with van der Waals surface area (Å²) >= 11 is 5.80. The molecule has 1 atom stereocenters. The molecule has 0 spiro atoms. The molecule has 0 fully saturated rings. The highest BCUT2D eigenvalue weighted by molar-refractivity contribution is 6.29. The average molecular weight is 277 g/mol. The lowest BCUT2D eigenvalue weighted by atomic mass is 10.1. The first kappa shape index (κ1) is 13.5. The minimum Gasteiger partial charge on any atom is -0.316 e. The maximum atomic E-state index is 12.0. The minimum atomic E-state index is -0.774. The number of hydrogen-bond donors (Lipinski definition) is 2. The molecule has 0 unspecified atom stereocenters. The van der Waals surface area contributed by atoms with Gasteiger partial charge in [-0.2, -0.15) is 0 Å². The van der Waals surface area contributed by atoms with E-state index in [1.54, 1.807) is 25.1 Å².